The van der Waals surface area contributed by atoms with Gasteiger partial charge in [-0.15, -0.1) is 0 Å². The van der Waals surface area contributed by atoms with Gasteiger partial charge in [0.05, 0.1) is 17.8 Å². The highest BCUT2D eigenvalue weighted by Gasteiger charge is 2.28. The molecule has 1 atom stereocenters. The number of nitrogens with zero attached hydrogens (tertiary/aromatic N) is 1. The molecule has 1 heterocycles. The molecule has 34 heavy (non-hydrogen) atoms. The normalized spacial score (nSPS) is 16.1. The van der Waals surface area contributed by atoms with E-state index in [1.54, 1.807) is 32.9 Å². The first-order valence-corrected chi connectivity index (χ1v) is 11.2. The molecule has 1 fully saturated rings. The Bertz CT molecular complexity index is 1100. The van der Waals surface area contributed by atoms with Crippen molar-refractivity contribution in [1.29, 1.82) is 0 Å². The molecule has 0 aliphatic carbocycles. The number of piperidine rings is 1. The van der Waals surface area contributed by atoms with Crippen molar-refractivity contribution in [2.75, 3.05) is 22.5 Å². The first kappa shape index (κ1) is 25.0. The first-order valence-electron chi connectivity index (χ1n) is 11.2. The summed E-state index contributed by atoms with van der Waals surface area (Å²) in [4.78, 5) is 38.9. The monoisotopic (exact) mass is 470 g/mol. The van der Waals surface area contributed by atoms with Gasteiger partial charge in [-0.25, -0.2) is 4.39 Å². The number of nitrogens with one attached hydrogen (secondary N) is 1. The minimum Gasteiger partial charge on any atom is -0.460 e. The van der Waals surface area contributed by atoms with Gasteiger partial charge in [0.25, 0.3) is 5.91 Å². The number of carbonyl (C=O) groups is 3. The average molecular weight is 471 g/mol. The zero-order valence-corrected chi connectivity index (χ0v) is 19.7. The van der Waals surface area contributed by atoms with E-state index in [9.17, 15) is 18.8 Å². The summed E-state index contributed by atoms with van der Waals surface area (Å²) < 4.78 is 19.1. The highest BCUT2D eigenvalue weighted by Crippen LogP contribution is 2.31. The molecule has 3 rings (SSSR count). The van der Waals surface area contributed by atoms with Gasteiger partial charge in [-0.2, -0.15) is 0 Å². The molecule has 0 aromatic heterocycles. The highest BCUT2D eigenvalue weighted by atomic mass is 19.1. The van der Waals surface area contributed by atoms with Crippen LogP contribution in [0, 0.1) is 5.82 Å². The van der Waals surface area contributed by atoms with E-state index in [-0.39, 0.29) is 12.0 Å². The number of hydrogen-bond acceptors (Lipinski definition) is 6. The number of hydrogen-bond donors (Lipinski definition) is 3. The smallest absolute Gasteiger partial charge is 0.310 e. The Morgan fingerprint density at radius 3 is 2.53 bits per heavy atom. The molecule has 0 spiro atoms. The molecule has 2 aromatic carbocycles. The Hall–Kier alpha value is -3.62. The van der Waals surface area contributed by atoms with Gasteiger partial charge in [-0.3, -0.25) is 14.4 Å². The van der Waals surface area contributed by atoms with Crippen LogP contribution in [0.1, 0.15) is 56.0 Å². The van der Waals surface area contributed by atoms with Crippen molar-refractivity contribution in [1.82, 2.24) is 0 Å². The van der Waals surface area contributed by atoms with Crippen LogP contribution in [-0.4, -0.2) is 36.0 Å². The quantitative estimate of drug-likeness (QED) is 0.439. The van der Waals surface area contributed by atoms with Crippen LogP contribution in [0.4, 0.5) is 21.5 Å². The lowest BCUT2D eigenvalue weighted by Crippen LogP contribution is -2.48. The van der Waals surface area contributed by atoms with Crippen molar-refractivity contribution in [2.24, 2.45) is 5.73 Å². The van der Waals surface area contributed by atoms with E-state index in [1.807, 2.05) is 4.90 Å². The molecule has 0 bridgehead atoms. The lowest BCUT2D eigenvalue weighted by atomic mass is 9.99. The Labute approximate surface area is 198 Å². The molecule has 1 unspecified atom stereocenters. The molecular weight excluding hydrogens is 439 g/mol. The van der Waals surface area contributed by atoms with E-state index in [0.717, 1.165) is 12.8 Å². The third-order valence-electron chi connectivity index (χ3n) is 5.50. The topological polar surface area (TPSA) is 128 Å². The van der Waals surface area contributed by atoms with Gasteiger partial charge in [0, 0.05) is 17.8 Å². The van der Waals surface area contributed by atoms with Crippen molar-refractivity contribution >= 4 is 34.8 Å². The Balaban J connectivity index is 1.79. The summed E-state index contributed by atoms with van der Waals surface area (Å²) in [6.45, 7) is 5.86. The van der Waals surface area contributed by atoms with E-state index in [0.29, 0.717) is 35.6 Å². The SMILES string of the molecule is CC(C)(C)OC(=O)Cc1cc(F)ccc1NC(=O)c1ccc(N2CCCCC2C(N)=O)c(N)c1. The number of esters is 1. The minimum absolute atomic E-state index is 0.199. The van der Waals surface area contributed by atoms with Gasteiger partial charge in [-0.05, 0) is 82.0 Å². The molecule has 9 heteroatoms. The number of primary amides is 1. The zero-order chi connectivity index (χ0) is 25.0. The summed E-state index contributed by atoms with van der Waals surface area (Å²) in [5, 5.41) is 2.72. The molecule has 8 nitrogen and oxygen atoms in total. The third kappa shape index (κ3) is 6.24. The molecule has 0 radical (unpaired) electrons. The van der Waals surface area contributed by atoms with Crippen LogP contribution in [-0.2, 0) is 20.7 Å². The lowest BCUT2D eigenvalue weighted by Gasteiger charge is -2.36. The Kier molecular flexibility index (Phi) is 7.44. The molecule has 2 aromatic rings. The van der Waals surface area contributed by atoms with Crippen LogP contribution in [0.5, 0.6) is 0 Å². The number of anilines is 3. The van der Waals surface area contributed by atoms with Gasteiger partial charge in [0.2, 0.25) is 5.91 Å². The number of amides is 2. The summed E-state index contributed by atoms with van der Waals surface area (Å²) in [6.07, 6.45) is 2.28. The Morgan fingerprint density at radius 2 is 1.88 bits per heavy atom. The summed E-state index contributed by atoms with van der Waals surface area (Å²) in [7, 11) is 0. The second-order valence-electron chi connectivity index (χ2n) is 9.40. The average Bonchev–Trinajstić information content (AvgIpc) is 2.74. The van der Waals surface area contributed by atoms with Crippen LogP contribution in [0.3, 0.4) is 0 Å². The number of nitrogen functional groups attached to an aromatic ring is 1. The third-order valence-corrected chi connectivity index (χ3v) is 5.50. The fourth-order valence-corrected chi connectivity index (χ4v) is 4.03. The molecule has 2 amide bonds. The molecule has 0 saturated carbocycles. The van der Waals surface area contributed by atoms with Gasteiger partial charge < -0.3 is 26.4 Å². The highest BCUT2D eigenvalue weighted by molar-refractivity contribution is 6.06. The number of halogens is 1. The minimum atomic E-state index is -0.686. The van der Waals surface area contributed by atoms with Crippen LogP contribution >= 0.6 is 0 Å². The standard InChI is InChI=1S/C25H31FN4O4/c1-25(2,3)34-22(31)14-16-12-17(26)8-9-19(16)29-24(33)15-7-10-20(18(27)13-15)30-11-5-4-6-21(30)23(28)32/h7-10,12-13,21H,4-6,11,14,27H2,1-3H3,(H2,28,32)(H,29,33). The van der Waals surface area contributed by atoms with Gasteiger partial charge in [0.15, 0.2) is 0 Å². The second kappa shape index (κ2) is 10.1. The Morgan fingerprint density at radius 1 is 1.15 bits per heavy atom. The number of rotatable bonds is 6. The predicted molar refractivity (Wildman–Crippen MR) is 129 cm³/mol. The fraction of sp³-hybridized carbons (Fsp3) is 0.400. The predicted octanol–water partition coefficient (Wildman–Crippen LogP) is 3.39. The van der Waals surface area contributed by atoms with Crippen molar-refractivity contribution in [3.8, 4) is 0 Å². The maximum absolute atomic E-state index is 13.8. The first-order chi connectivity index (χ1) is 15.9. The molecule has 1 aliphatic heterocycles. The van der Waals surface area contributed by atoms with E-state index in [4.69, 9.17) is 16.2 Å². The summed E-state index contributed by atoms with van der Waals surface area (Å²) in [5.74, 6) is -1.95. The number of nitrogens with two attached hydrogens (primary N) is 2. The van der Waals surface area contributed by atoms with Crippen LogP contribution in [0.25, 0.3) is 0 Å². The number of carbonyl (C=O) groups excluding carboxylic acids is 3. The molecule has 5 N–H and O–H groups in total. The van der Waals surface area contributed by atoms with Crippen LogP contribution < -0.4 is 21.7 Å². The molecule has 182 valence electrons. The maximum atomic E-state index is 13.8. The second-order valence-corrected chi connectivity index (χ2v) is 9.40. The van der Waals surface area contributed by atoms with Gasteiger partial charge >= 0.3 is 5.97 Å². The van der Waals surface area contributed by atoms with Gasteiger partial charge in [-0.1, -0.05) is 0 Å². The van der Waals surface area contributed by atoms with E-state index >= 15 is 0 Å². The fourth-order valence-electron chi connectivity index (χ4n) is 4.03. The lowest BCUT2D eigenvalue weighted by molar-refractivity contribution is -0.153. The van der Waals surface area contributed by atoms with Gasteiger partial charge in [0.1, 0.15) is 17.5 Å². The van der Waals surface area contributed by atoms with Crippen molar-refractivity contribution in [3.05, 3.63) is 53.3 Å². The number of ether oxygens (including phenoxy) is 1. The van der Waals surface area contributed by atoms with Crippen molar-refractivity contribution < 1.29 is 23.5 Å². The largest absolute Gasteiger partial charge is 0.460 e. The number of benzene rings is 2. The van der Waals surface area contributed by atoms with Crippen molar-refractivity contribution in [3.63, 3.8) is 0 Å². The van der Waals surface area contributed by atoms with Crippen LogP contribution in [0.15, 0.2) is 36.4 Å². The zero-order valence-electron chi connectivity index (χ0n) is 19.7. The molecule has 1 aliphatic rings. The summed E-state index contributed by atoms with van der Waals surface area (Å²) in [5.41, 5.74) is 13.0. The van der Waals surface area contributed by atoms with E-state index < -0.39 is 35.2 Å². The molecule has 1 saturated heterocycles. The maximum Gasteiger partial charge on any atom is 0.310 e. The summed E-state index contributed by atoms with van der Waals surface area (Å²) >= 11 is 0. The molecular formula is C25H31FN4O4. The van der Waals surface area contributed by atoms with E-state index in [1.165, 1.54) is 24.3 Å². The van der Waals surface area contributed by atoms with Crippen LogP contribution in [0.2, 0.25) is 0 Å². The summed E-state index contributed by atoms with van der Waals surface area (Å²) in [6, 6.07) is 8.17. The van der Waals surface area contributed by atoms with Crippen molar-refractivity contribution in [2.45, 2.75) is 58.1 Å². The van der Waals surface area contributed by atoms with E-state index in [2.05, 4.69) is 5.32 Å².